The van der Waals surface area contributed by atoms with E-state index < -0.39 is 0 Å². The standard InChI is InChI=1S/C19H25N3O2/c23-19(12-7-13-24-15-8-3-1-4-9-15)20-14-18-16-10-5-2-6-11-17(16)21-22-18/h1,3-4,8-9H,2,5-7,10-14H2,(H,20,23)(H,21,22). The highest BCUT2D eigenvalue weighted by molar-refractivity contribution is 5.75. The molecule has 0 spiro atoms. The van der Waals surface area contributed by atoms with Crippen molar-refractivity contribution >= 4 is 5.91 Å². The first-order chi connectivity index (χ1) is 11.8. The number of benzene rings is 1. The maximum atomic E-state index is 12.0. The Morgan fingerprint density at radius 3 is 2.88 bits per heavy atom. The molecule has 2 N–H and O–H groups in total. The van der Waals surface area contributed by atoms with Gasteiger partial charge >= 0.3 is 0 Å². The van der Waals surface area contributed by atoms with Crippen LogP contribution < -0.4 is 10.1 Å². The van der Waals surface area contributed by atoms with Crippen LogP contribution in [0, 0.1) is 0 Å². The quantitative estimate of drug-likeness (QED) is 0.606. The predicted molar refractivity (Wildman–Crippen MR) is 92.9 cm³/mol. The molecule has 0 bridgehead atoms. The fourth-order valence-corrected chi connectivity index (χ4v) is 3.08. The zero-order valence-corrected chi connectivity index (χ0v) is 14.0. The Morgan fingerprint density at radius 1 is 1.17 bits per heavy atom. The second-order valence-electron chi connectivity index (χ2n) is 6.23. The highest BCUT2D eigenvalue weighted by Gasteiger charge is 2.15. The average Bonchev–Trinajstić information content (AvgIpc) is 2.84. The van der Waals surface area contributed by atoms with E-state index in [9.17, 15) is 4.79 Å². The molecule has 0 fully saturated rings. The molecule has 5 heteroatoms. The summed E-state index contributed by atoms with van der Waals surface area (Å²) in [7, 11) is 0. The van der Waals surface area contributed by atoms with Gasteiger partial charge in [0, 0.05) is 12.1 Å². The summed E-state index contributed by atoms with van der Waals surface area (Å²) in [5, 5.41) is 10.5. The third kappa shape index (κ3) is 4.60. The summed E-state index contributed by atoms with van der Waals surface area (Å²) in [6.45, 7) is 1.07. The molecule has 24 heavy (non-hydrogen) atoms. The van der Waals surface area contributed by atoms with E-state index in [4.69, 9.17) is 4.74 Å². The lowest BCUT2D eigenvalue weighted by Crippen LogP contribution is -2.23. The van der Waals surface area contributed by atoms with Gasteiger partial charge in [-0.05, 0) is 49.8 Å². The van der Waals surface area contributed by atoms with Crippen molar-refractivity contribution in [2.24, 2.45) is 0 Å². The summed E-state index contributed by atoms with van der Waals surface area (Å²) >= 11 is 0. The molecule has 0 atom stereocenters. The molecule has 0 saturated carbocycles. The minimum Gasteiger partial charge on any atom is -0.494 e. The van der Waals surface area contributed by atoms with E-state index in [2.05, 4.69) is 15.5 Å². The molecule has 5 nitrogen and oxygen atoms in total. The monoisotopic (exact) mass is 327 g/mol. The van der Waals surface area contributed by atoms with Gasteiger partial charge in [-0.3, -0.25) is 9.89 Å². The van der Waals surface area contributed by atoms with Crippen LogP contribution in [0.5, 0.6) is 5.75 Å². The van der Waals surface area contributed by atoms with Crippen LogP contribution in [0.15, 0.2) is 30.3 Å². The lowest BCUT2D eigenvalue weighted by Gasteiger charge is -2.07. The van der Waals surface area contributed by atoms with E-state index in [-0.39, 0.29) is 5.91 Å². The lowest BCUT2D eigenvalue weighted by molar-refractivity contribution is -0.121. The van der Waals surface area contributed by atoms with Crippen LogP contribution >= 0.6 is 0 Å². The van der Waals surface area contributed by atoms with Crippen molar-refractivity contribution in [3.63, 3.8) is 0 Å². The van der Waals surface area contributed by atoms with Gasteiger partial charge in [-0.2, -0.15) is 5.10 Å². The molecule has 1 aromatic carbocycles. The molecule has 1 heterocycles. The van der Waals surface area contributed by atoms with E-state index in [1.54, 1.807) is 0 Å². The van der Waals surface area contributed by atoms with Crippen LogP contribution in [0.2, 0.25) is 0 Å². The van der Waals surface area contributed by atoms with Gasteiger partial charge in [-0.1, -0.05) is 24.6 Å². The lowest BCUT2D eigenvalue weighted by atomic mass is 10.1. The van der Waals surface area contributed by atoms with Gasteiger partial charge in [0.25, 0.3) is 0 Å². The molecular weight excluding hydrogens is 302 g/mol. The Balaban J connectivity index is 1.37. The molecule has 1 aliphatic carbocycles. The van der Waals surface area contributed by atoms with Crippen molar-refractivity contribution < 1.29 is 9.53 Å². The number of carbonyl (C=O) groups excluding carboxylic acids is 1. The minimum atomic E-state index is 0.0528. The van der Waals surface area contributed by atoms with Gasteiger partial charge in [-0.15, -0.1) is 0 Å². The Kier molecular flexibility index (Phi) is 5.88. The Morgan fingerprint density at radius 2 is 2.00 bits per heavy atom. The molecular formula is C19H25N3O2. The molecule has 3 rings (SSSR count). The number of hydrogen-bond acceptors (Lipinski definition) is 3. The van der Waals surface area contributed by atoms with Gasteiger partial charge in [0.05, 0.1) is 18.8 Å². The molecule has 0 saturated heterocycles. The summed E-state index contributed by atoms with van der Waals surface area (Å²) in [6.07, 6.45) is 7.04. The summed E-state index contributed by atoms with van der Waals surface area (Å²) in [5.41, 5.74) is 3.58. The number of fused-ring (bicyclic) bond motifs is 1. The van der Waals surface area contributed by atoms with E-state index in [0.29, 0.717) is 26.0 Å². The summed E-state index contributed by atoms with van der Waals surface area (Å²) in [6, 6.07) is 9.67. The number of para-hydroxylation sites is 1. The largest absolute Gasteiger partial charge is 0.494 e. The third-order valence-corrected chi connectivity index (χ3v) is 4.41. The number of aryl methyl sites for hydroxylation is 1. The summed E-state index contributed by atoms with van der Waals surface area (Å²) in [5.74, 6) is 0.897. The zero-order valence-electron chi connectivity index (χ0n) is 14.0. The highest BCUT2D eigenvalue weighted by Crippen LogP contribution is 2.21. The van der Waals surface area contributed by atoms with Crippen LogP contribution in [0.25, 0.3) is 0 Å². The smallest absolute Gasteiger partial charge is 0.220 e. The first-order valence-corrected chi connectivity index (χ1v) is 8.82. The average molecular weight is 327 g/mol. The van der Waals surface area contributed by atoms with E-state index in [1.807, 2.05) is 30.3 Å². The molecule has 128 valence electrons. The first-order valence-electron chi connectivity index (χ1n) is 8.82. The van der Waals surface area contributed by atoms with Crippen LogP contribution in [-0.4, -0.2) is 22.7 Å². The van der Waals surface area contributed by atoms with Crippen molar-refractivity contribution in [2.45, 2.75) is 51.5 Å². The highest BCUT2D eigenvalue weighted by atomic mass is 16.5. The predicted octanol–water partition coefficient (Wildman–Crippen LogP) is 3.15. The Bertz CT molecular complexity index is 652. The zero-order chi connectivity index (χ0) is 16.6. The number of rotatable bonds is 7. The third-order valence-electron chi connectivity index (χ3n) is 4.41. The Labute approximate surface area is 142 Å². The second-order valence-corrected chi connectivity index (χ2v) is 6.23. The van der Waals surface area contributed by atoms with Gasteiger partial charge < -0.3 is 10.1 Å². The number of nitrogens with one attached hydrogen (secondary N) is 2. The summed E-state index contributed by atoms with van der Waals surface area (Å²) < 4.78 is 5.60. The van der Waals surface area contributed by atoms with Crippen molar-refractivity contribution in [1.82, 2.24) is 15.5 Å². The number of aromatic nitrogens is 2. The normalized spacial score (nSPS) is 13.8. The minimum absolute atomic E-state index is 0.0528. The number of H-pyrrole nitrogens is 1. The summed E-state index contributed by atoms with van der Waals surface area (Å²) in [4.78, 5) is 12.0. The Hall–Kier alpha value is -2.30. The van der Waals surface area contributed by atoms with E-state index >= 15 is 0 Å². The molecule has 1 amide bonds. The fraction of sp³-hybridized carbons (Fsp3) is 0.474. The fourth-order valence-electron chi connectivity index (χ4n) is 3.08. The molecule has 0 aliphatic heterocycles. The maximum absolute atomic E-state index is 12.0. The van der Waals surface area contributed by atoms with Crippen LogP contribution in [0.4, 0.5) is 0 Å². The van der Waals surface area contributed by atoms with Crippen molar-refractivity contribution in [3.8, 4) is 5.75 Å². The van der Waals surface area contributed by atoms with Gasteiger partial charge in [0.1, 0.15) is 5.75 Å². The topological polar surface area (TPSA) is 67.0 Å². The number of amides is 1. The number of nitrogens with zero attached hydrogens (tertiary/aromatic N) is 1. The van der Waals surface area contributed by atoms with E-state index in [0.717, 1.165) is 24.3 Å². The first kappa shape index (κ1) is 16.6. The SMILES string of the molecule is O=C(CCCOc1ccccc1)NCc1n[nH]c2c1CCCCC2. The van der Waals surface area contributed by atoms with Crippen molar-refractivity contribution in [3.05, 3.63) is 47.3 Å². The molecule has 1 aliphatic rings. The molecule has 2 aromatic rings. The molecule has 0 unspecified atom stereocenters. The van der Waals surface area contributed by atoms with Gasteiger partial charge in [0.15, 0.2) is 0 Å². The number of carbonyl (C=O) groups is 1. The van der Waals surface area contributed by atoms with E-state index in [1.165, 1.54) is 30.5 Å². The molecule has 0 radical (unpaired) electrons. The van der Waals surface area contributed by atoms with Gasteiger partial charge in [-0.25, -0.2) is 0 Å². The second kappa shape index (κ2) is 8.52. The van der Waals surface area contributed by atoms with Gasteiger partial charge in [0.2, 0.25) is 5.91 Å². The number of aromatic amines is 1. The van der Waals surface area contributed by atoms with Crippen LogP contribution in [0.3, 0.4) is 0 Å². The van der Waals surface area contributed by atoms with Crippen LogP contribution in [-0.2, 0) is 24.2 Å². The molecule has 1 aromatic heterocycles. The number of ether oxygens (including phenoxy) is 1. The number of hydrogen-bond donors (Lipinski definition) is 2. The van der Waals surface area contributed by atoms with Crippen LogP contribution in [0.1, 0.15) is 49.1 Å². The van der Waals surface area contributed by atoms with Crippen molar-refractivity contribution in [1.29, 1.82) is 0 Å². The van der Waals surface area contributed by atoms with Crippen molar-refractivity contribution in [2.75, 3.05) is 6.61 Å². The maximum Gasteiger partial charge on any atom is 0.220 e.